The highest BCUT2D eigenvalue weighted by atomic mass is 32.2. The van der Waals surface area contributed by atoms with Gasteiger partial charge >= 0.3 is 0 Å². The van der Waals surface area contributed by atoms with E-state index < -0.39 is 0 Å². The molecule has 0 N–H and O–H groups in total. The molecular weight excluding hydrogens is 166 g/mol. The van der Waals surface area contributed by atoms with Gasteiger partial charge in [-0.1, -0.05) is 23.9 Å². The molecule has 1 nitrogen and oxygen atoms in total. The van der Waals surface area contributed by atoms with Gasteiger partial charge in [-0.25, -0.2) is 4.98 Å². The summed E-state index contributed by atoms with van der Waals surface area (Å²) in [6.07, 6.45) is 3.22. The van der Waals surface area contributed by atoms with Gasteiger partial charge in [-0.3, -0.25) is 0 Å². The molecular formula is C10H11NS. The summed E-state index contributed by atoms with van der Waals surface area (Å²) >= 11 is 1.72. The number of hydrogen-bond donors (Lipinski definition) is 0. The maximum atomic E-state index is 4.52. The lowest BCUT2D eigenvalue weighted by atomic mass is 10.1. The number of rotatable bonds is 0. The summed E-state index contributed by atoms with van der Waals surface area (Å²) in [5, 5.41) is 3.30. The van der Waals surface area contributed by atoms with Gasteiger partial charge in [-0.05, 0) is 36.8 Å². The van der Waals surface area contributed by atoms with Crippen LogP contribution in [0, 0.1) is 13.8 Å². The van der Waals surface area contributed by atoms with Gasteiger partial charge in [-0.2, -0.15) is 0 Å². The standard InChI is InChI=1S/C10H11NS/c1-7-6-9-4-3-5-12-10(9)11-8(7)2/h3,5-6H,4H2,1-2H3. The topological polar surface area (TPSA) is 12.9 Å². The van der Waals surface area contributed by atoms with Crippen LogP contribution in [0.25, 0.3) is 0 Å². The van der Waals surface area contributed by atoms with Crippen molar-refractivity contribution in [3.05, 3.63) is 34.4 Å². The van der Waals surface area contributed by atoms with E-state index in [1.54, 1.807) is 11.8 Å². The number of thioether (sulfide) groups is 1. The summed E-state index contributed by atoms with van der Waals surface area (Å²) in [7, 11) is 0. The summed E-state index contributed by atoms with van der Waals surface area (Å²) < 4.78 is 0. The summed E-state index contributed by atoms with van der Waals surface area (Å²) in [5.74, 6) is 0. The summed E-state index contributed by atoms with van der Waals surface area (Å²) in [4.78, 5) is 4.52. The number of pyridine rings is 1. The summed E-state index contributed by atoms with van der Waals surface area (Å²) in [5.41, 5.74) is 3.81. The van der Waals surface area contributed by atoms with Crippen LogP contribution >= 0.6 is 11.8 Å². The highest BCUT2D eigenvalue weighted by molar-refractivity contribution is 8.02. The third-order valence-corrected chi connectivity index (χ3v) is 3.02. The van der Waals surface area contributed by atoms with E-state index in [0.717, 1.165) is 12.1 Å². The largest absolute Gasteiger partial charge is 0.246 e. The van der Waals surface area contributed by atoms with Crippen LogP contribution in [-0.2, 0) is 6.42 Å². The Kier molecular flexibility index (Phi) is 1.93. The van der Waals surface area contributed by atoms with E-state index in [2.05, 4.69) is 36.4 Å². The Balaban J connectivity index is 2.53. The SMILES string of the molecule is Cc1cc2c(nc1C)SC=CC2. The molecule has 2 rings (SSSR count). The fraction of sp³-hybridized carbons (Fsp3) is 0.300. The molecule has 1 aromatic rings. The summed E-state index contributed by atoms with van der Waals surface area (Å²) in [6.45, 7) is 4.18. The Morgan fingerprint density at radius 2 is 2.25 bits per heavy atom. The van der Waals surface area contributed by atoms with Gasteiger partial charge in [0, 0.05) is 5.69 Å². The molecule has 0 aromatic carbocycles. The van der Waals surface area contributed by atoms with Gasteiger partial charge in [0.15, 0.2) is 0 Å². The Labute approximate surface area is 76.9 Å². The van der Waals surface area contributed by atoms with Crippen molar-refractivity contribution in [3.63, 3.8) is 0 Å². The van der Waals surface area contributed by atoms with Crippen molar-refractivity contribution >= 4 is 11.8 Å². The van der Waals surface area contributed by atoms with Crippen molar-refractivity contribution in [2.45, 2.75) is 25.3 Å². The molecule has 0 aliphatic carbocycles. The number of aromatic nitrogens is 1. The molecule has 1 aliphatic rings. The predicted molar refractivity (Wildman–Crippen MR) is 52.4 cm³/mol. The minimum Gasteiger partial charge on any atom is -0.246 e. The fourth-order valence-corrected chi connectivity index (χ4v) is 2.08. The van der Waals surface area contributed by atoms with Gasteiger partial charge in [-0.15, -0.1) is 0 Å². The quantitative estimate of drug-likeness (QED) is 0.604. The average Bonchev–Trinajstić information content (AvgIpc) is 2.07. The minimum absolute atomic E-state index is 1.04. The molecule has 2 heteroatoms. The van der Waals surface area contributed by atoms with E-state index in [1.165, 1.54) is 16.2 Å². The van der Waals surface area contributed by atoms with Gasteiger partial charge in [0.05, 0.1) is 0 Å². The molecule has 0 amide bonds. The predicted octanol–water partition coefficient (Wildman–Crippen LogP) is 2.86. The van der Waals surface area contributed by atoms with Crippen LogP contribution in [0.1, 0.15) is 16.8 Å². The van der Waals surface area contributed by atoms with Gasteiger partial charge < -0.3 is 0 Å². The summed E-state index contributed by atoms with van der Waals surface area (Å²) in [6, 6.07) is 2.24. The molecule has 0 saturated heterocycles. The molecule has 0 fully saturated rings. The van der Waals surface area contributed by atoms with Crippen LogP contribution in [0.3, 0.4) is 0 Å². The zero-order chi connectivity index (χ0) is 8.55. The molecule has 0 bridgehead atoms. The molecule has 1 aliphatic heterocycles. The van der Waals surface area contributed by atoms with Crippen molar-refractivity contribution in [2.24, 2.45) is 0 Å². The first-order valence-corrected chi connectivity index (χ1v) is 4.94. The zero-order valence-corrected chi connectivity index (χ0v) is 8.11. The molecule has 0 saturated carbocycles. The van der Waals surface area contributed by atoms with E-state index >= 15 is 0 Å². The van der Waals surface area contributed by atoms with Gasteiger partial charge in [0.1, 0.15) is 5.03 Å². The Hall–Kier alpha value is -0.760. The van der Waals surface area contributed by atoms with E-state index in [0.29, 0.717) is 0 Å². The molecule has 62 valence electrons. The van der Waals surface area contributed by atoms with Crippen LogP contribution in [0.5, 0.6) is 0 Å². The molecule has 12 heavy (non-hydrogen) atoms. The van der Waals surface area contributed by atoms with Crippen LogP contribution < -0.4 is 0 Å². The van der Waals surface area contributed by atoms with Crippen molar-refractivity contribution in [1.82, 2.24) is 4.98 Å². The Morgan fingerprint density at radius 1 is 1.42 bits per heavy atom. The first-order chi connectivity index (χ1) is 5.77. The van der Waals surface area contributed by atoms with Crippen LogP contribution in [0.2, 0.25) is 0 Å². The first-order valence-electron chi connectivity index (χ1n) is 4.06. The highest BCUT2D eigenvalue weighted by Crippen LogP contribution is 2.28. The molecule has 0 spiro atoms. The molecule has 1 aromatic heterocycles. The lowest BCUT2D eigenvalue weighted by Gasteiger charge is -2.11. The van der Waals surface area contributed by atoms with E-state index in [-0.39, 0.29) is 0 Å². The lowest BCUT2D eigenvalue weighted by molar-refractivity contribution is 0.974. The highest BCUT2D eigenvalue weighted by Gasteiger charge is 2.08. The number of nitrogens with zero attached hydrogens (tertiary/aromatic N) is 1. The number of hydrogen-bond acceptors (Lipinski definition) is 2. The molecule has 0 radical (unpaired) electrons. The fourth-order valence-electron chi connectivity index (χ4n) is 1.28. The Morgan fingerprint density at radius 3 is 3.08 bits per heavy atom. The molecule has 0 atom stereocenters. The smallest absolute Gasteiger partial charge is 0.104 e. The normalized spacial score (nSPS) is 14.5. The van der Waals surface area contributed by atoms with Crippen LogP contribution in [0.4, 0.5) is 0 Å². The number of allylic oxidation sites excluding steroid dienone is 1. The molecule has 0 unspecified atom stereocenters. The van der Waals surface area contributed by atoms with Crippen molar-refractivity contribution in [2.75, 3.05) is 0 Å². The van der Waals surface area contributed by atoms with Crippen LogP contribution in [-0.4, -0.2) is 4.98 Å². The van der Waals surface area contributed by atoms with Gasteiger partial charge in [0.2, 0.25) is 0 Å². The minimum atomic E-state index is 1.04. The van der Waals surface area contributed by atoms with E-state index in [9.17, 15) is 0 Å². The van der Waals surface area contributed by atoms with E-state index in [1.807, 2.05) is 0 Å². The second kappa shape index (κ2) is 2.94. The van der Waals surface area contributed by atoms with Crippen molar-refractivity contribution < 1.29 is 0 Å². The lowest BCUT2D eigenvalue weighted by Crippen LogP contribution is -1.97. The number of aryl methyl sites for hydroxylation is 2. The Bertz CT molecular complexity index is 309. The maximum Gasteiger partial charge on any atom is 0.104 e. The van der Waals surface area contributed by atoms with Crippen molar-refractivity contribution in [1.29, 1.82) is 0 Å². The third-order valence-electron chi connectivity index (χ3n) is 2.12. The van der Waals surface area contributed by atoms with Gasteiger partial charge in [0.25, 0.3) is 0 Å². The maximum absolute atomic E-state index is 4.52. The zero-order valence-electron chi connectivity index (χ0n) is 7.29. The number of fused-ring (bicyclic) bond motifs is 1. The monoisotopic (exact) mass is 177 g/mol. The van der Waals surface area contributed by atoms with E-state index in [4.69, 9.17) is 0 Å². The van der Waals surface area contributed by atoms with Crippen molar-refractivity contribution in [3.8, 4) is 0 Å². The average molecular weight is 177 g/mol. The van der Waals surface area contributed by atoms with Crippen LogP contribution in [0.15, 0.2) is 22.6 Å². The molecule has 2 heterocycles. The second-order valence-corrected chi connectivity index (χ2v) is 3.94. The first kappa shape index (κ1) is 7.87. The third kappa shape index (κ3) is 1.27. The second-order valence-electron chi connectivity index (χ2n) is 3.05.